The summed E-state index contributed by atoms with van der Waals surface area (Å²) in [6.45, 7) is 25.0. The summed E-state index contributed by atoms with van der Waals surface area (Å²) < 4.78 is 11.5. The quantitative estimate of drug-likeness (QED) is 0.0517. The van der Waals surface area contributed by atoms with Gasteiger partial charge in [0.1, 0.15) is 17.2 Å². The molecule has 13 heteroatoms. The molecule has 5 atom stereocenters. The fourth-order valence-electron chi connectivity index (χ4n) is 5.75. The van der Waals surface area contributed by atoms with E-state index in [1.807, 2.05) is 34.6 Å². The summed E-state index contributed by atoms with van der Waals surface area (Å²) in [6, 6.07) is -1.44. The Morgan fingerprint density at radius 2 is 1.90 bits per heavy atom. The van der Waals surface area contributed by atoms with Crippen LogP contribution < -0.4 is 5.32 Å². The maximum atomic E-state index is 14.6. The van der Waals surface area contributed by atoms with Crippen LogP contribution in [0.3, 0.4) is 0 Å². The van der Waals surface area contributed by atoms with Crippen LogP contribution in [0.4, 0.5) is 0 Å². The molecule has 2 N–H and O–H groups in total. The van der Waals surface area contributed by atoms with Gasteiger partial charge < -0.3 is 19.6 Å². The highest BCUT2D eigenvalue weighted by Gasteiger charge is 2.46. The fourth-order valence-corrected chi connectivity index (χ4v) is 7.57. The second-order valence-corrected chi connectivity index (χ2v) is 21.2. The number of ether oxygens (including phenoxy) is 1. The van der Waals surface area contributed by atoms with Crippen molar-refractivity contribution < 1.29 is 33.5 Å². The Bertz CT molecular complexity index is 1290. The molecule has 0 radical (unpaired) electrons. The molecule has 0 aromatic carbocycles. The van der Waals surface area contributed by atoms with Crippen molar-refractivity contribution in [2.75, 3.05) is 32.9 Å². The summed E-state index contributed by atoms with van der Waals surface area (Å²) in [5.74, 6) is 1.15. The number of terminal acetylenes is 1. The smallest absolute Gasteiger partial charge is 0.357 e. The van der Waals surface area contributed by atoms with Gasteiger partial charge in [-0.05, 0) is 69.6 Å². The van der Waals surface area contributed by atoms with Gasteiger partial charge in [0.15, 0.2) is 14.0 Å². The molecule has 1 aliphatic rings. The van der Waals surface area contributed by atoms with E-state index in [-0.39, 0.29) is 54.0 Å². The molecule has 2 amide bonds. The predicted octanol–water partition coefficient (Wildman–Crippen LogP) is 6.35. The van der Waals surface area contributed by atoms with Crippen molar-refractivity contribution in [2.24, 2.45) is 11.8 Å². The number of hydroxylamine groups is 2. The lowest BCUT2D eigenvalue weighted by Crippen LogP contribution is -2.61. The van der Waals surface area contributed by atoms with E-state index in [4.69, 9.17) is 20.4 Å². The zero-order valence-corrected chi connectivity index (χ0v) is 34.3. The second kappa shape index (κ2) is 19.5. The summed E-state index contributed by atoms with van der Waals surface area (Å²) in [4.78, 5) is 53.7. The minimum atomic E-state index is -1.95. The number of nitrogens with one attached hydrogen (secondary N) is 1. The Hall–Kier alpha value is -2.34. The Kier molecular flexibility index (Phi) is 17.1. The van der Waals surface area contributed by atoms with Crippen LogP contribution >= 0.6 is 11.3 Å². The first kappa shape index (κ1) is 43.8. The molecule has 1 aliphatic heterocycles. The van der Waals surface area contributed by atoms with Gasteiger partial charge >= 0.3 is 5.97 Å². The summed E-state index contributed by atoms with van der Waals surface area (Å²) >= 11 is 1.16. The lowest BCUT2D eigenvalue weighted by Gasteiger charge is -2.40. The number of aromatic nitrogens is 1. The minimum absolute atomic E-state index is 0.0904. The molecule has 0 bridgehead atoms. The van der Waals surface area contributed by atoms with Crippen LogP contribution in [0.15, 0.2) is 5.38 Å². The Labute approximate surface area is 306 Å². The third-order valence-electron chi connectivity index (χ3n) is 10.4. The Morgan fingerprint density at radius 1 is 1.22 bits per heavy atom. The van der Waals surface area contributed by atoms with Crippen molar-refractivity contribution in [3.63, 3.8) is 0 Å². The number of esters is 1. The van der Waals surface area contributed by atoms with Gasteiger partial charge in [-0.1, -0.05) is 54.9 Å². The number of rotatable bonds is 20. The van der Waals surface area contributed by atoms with Crippen molar-refractivity contribution in [1.82, 2.24) is 20.3 Å². The molecule has 0 aliphatic carbocycles. The first-order valence-electron chi connectivity index (χ1n) is 18.2. The van der Waals surface area contributed by atoms with Gasteiger partial charge in [0.25, 0.3) is 5.91 Å². The van der Waals surface area contributed by atoms with Gasteiger partial charge in [0.2, 0.25) is 5.91 Å². The largest absolute Gasteiger partial charge is 0.461 e. The monoisotopic (exact) mass is 736 g/mol. The van der Waals surface area contributed by atoms with E-state index in [1.54, 1.807) is 12.3 Å². The van der Waals surface area contributed by atoms with Crippen LogP contribution in [-0.2, 0) is 23.6 Å². The number of unbranched alkanes of at least 4 members (excludes halogenated alkanes) is 1. The standard InChI is InChI=1S/C37H64N4O7SSi/c1-13-16-17-22-47-41(29(26(4)5)24-30(42)32-38-28(25-49-32)34(44)46-15-3)33(43)31(27(6)14-2)39-35(45)37(10)19-18-20-40(37)21-23-48-50(11,12)36(7,8)9/h1,25-27,29-31,42H,14-24H2,2-12H3,(H,39,45)/t27-,29+,30+,31-,37+/m0/s1. The number of carbonyl (C=O) groups is 3. The molecule has 1 fully saturated rings. The molecule has 0 saturated carbocycles. The SMILES string of the molecule is C#CCCCON(C(=O)[C@@H](NC(=O)[C@@]1(C)CCCN1CCO[Si](C)(C)C(C)(C)C)[C@@H](C)CC)[C@H](C[C@@H](O)c1nc(C(=O)OCC)cs1)C(C)C. The number of carbonyl (C=O) groups excluding carboxylic acids is 3. The van der Waals surface area contributed by atoms with E-state index < -0.39 is 38.0 Å². The molecule has 0 spiro atoms. The predicted molar refractivity (Wildman–Crippen MR) is 201 cm³/mol. The average Bonchev–Trinajstić information content (AvgIpc) is 3.69. The Balaban J connectivity index is 2.34. The highest BCUT2D eigenvalue weighted by atomic mass is 32.1. The van der Waals surface area contributed by atoms with Gasteiger partial charge in [-0.15, -0.1) is 23.7 Å². The van der Waals surface area contributed by atoms with Crippen molar-refractivity contribution >= 4 is 37.4 Å². The molecule has 1 aromatic heterocycles. The number of hydrogen-bond donors (Lipinski definition) is 2. The number of amides is 2. The number of aliphatic hydroxyl groups excluding tert-OH is 1. The van der Waals surface area contributed by atoms with Crippen LogP contribution in [0.2, 0.25) is 18.1 Å². The van der Waals surface area contributed by atoms with E-state index in [0.717, 1.165) is 24.3 Å². The van der Waals surface area contributed by atoms with E-state index in [0.29, 0.717) is 43.8 Å². The van der Waals surface area contributed by atoms with Gasteiger partial charge in [0, 0.05) is 31.4 Å². The first-order chi connectivity index (χ1) is 23.3. The van der Waals surface area contributed by atoms with E-state index in [2.05, 4.69) is 55.0 Å². The number of hydrogen-bond acceptors (Lipinski definition) is 10. The van der Waals surface area contributed by atoms with Crippen molar-refractivity contribution in [3.8, 4) is 12.3 Å². The maximum absolute atomic E-state index is 14.6. The van der Waals surface area contributed by atoms with Crippen LogP contribution in [0.5, 0.6) is 0 Å². The highest BCUT2D eigenvalue weighted by Crippen LogP contribution is 2.37. The summed E-state index contributed by atoms with van der Waals surface area (Å²) in [6.07, 6.45) is 7.73. The number of nitrogens with zero attached hydrogens (tertiary/aromatic N) is 3. The number of thiazole rings is 1. The molecule has 11 nitrogen and oxygen atoms in total. The Morgan fingerprint density at radius 3 is 2.48 bits per heavy atom. The second-order valence-electron chi connectivity index (χ2n) is 15.5. The molecular formula is C37H64N4O7SSi. The normalized spacial score (nSPS) is 19.4. The third-order valence-corrected chi connectivity index (χ3v) is 15.9. The maximum Gasteiger partial charge on any atom is 0.357 e. The van der Waals surface area contributed by atoms with Crippen LogP contribution in [0.25, 0.3) is 0 Å². The molecule has 0 unspecified atom stereocenters. The van der Waals surface area contributed by atoms with E-state index >= 15 is 0 Å². The molecule has 284 valence electrons. The van der Waals surface area contributed by atoms with Crippen LogP contribution in [-0.4, -0.2) is 96.7 Å². The van der Waals surface area contributed by atoms with Crippen molar-refractivity contribution in [2.45, 2.75) is 143 Å². The molecule has 2 rings (SSSR count). The zero-order valence-electron chi connectivity index (χ0n) is 32.5. The fraction of sp³-hybridized carbons (Fsp3) is 0.784. The van der Waals surface area contributed by atoms with Crippen molar-refractivity contribution in [3.05, 3.63) is 16.1 Å². The number of aliphatic hydroxyl groups is 1. The van der Waals surface area contributed by atoms with Crippen LogP contribution in [0, 0.1) is 24.2 Å². The summed E-state index contributed by atoms with van der Waals surface area (Å²) in [7, 11) is -1.95. The lowest BCUT2D eigenvalue weighted by atomic mass is 9.92. The zero-order chi connectivity index (χ0) is 37.9. The molecule has 2 heterocycles. The average molecular weight is 737 g/mol. The highest BCUT2D eigenvalue weighted by molar-refractivity contribution is 7.09. The topological polar surface area (TPSA) is 131 Å². The van der Waals surface area contributed by atoms with Gasteiger partial charge in [-0.25, -0.2) is 14.8 Å². The summed E-state index contributed by atoms with van der Waals surface area (Å²) in [5, 5.41) is 17.8. The first-order valence-corrected chi connectivity index (χ1v) is 22.0. The van der Waals surface area contributed by atoms with E-state index in [1.165, 1.54) is 5.06 Å². The molecule has 1 saturated heterocycles. The van der Waals surface area contributed by atoms with Gasteiger partial charge in [-0.2, -0.15) is 0 Å². The lowest BCUT2D eigenvalue weighted by molar-refractivity contribution is -0.212. The molecule has 1 aromatic rings. The number of likely N-dealkylation sites (tertiary alicyclic amines) is 1. The van der Waals surface area contributed by atoms with Crippen molar-refractivity contribution in [1.29, 1.82) is 0 Å². The third kappa shape index (κ3) is 11.6. The van der Waals surface area contributed by atoms with Gasteiger partial charge in [-0.3, -0.25) is 19.3 Å². The molecule has 50 heavy (non-hydrogen) atoms. The van der Waals surface area contributed by atoms with E-state index in [9.17, 15) is 19.5 Å². The molecular weight excluding hydrogens is 673 g/mol. The summed E-state index contributed by atoms with van der Waals surface area (Å²) in [5.41, 5.74) is -0.665. The van der Waals surface area contributed by atoms with Gasteiger partial charge in [0.05, 0.1) is 24.8 Å². The van der Waals surface area contributed by atoms with Crippen LogP contribution in [0.1, 0.15) is 122 Å². The minimum Gasteiger partial charge on any atom is -0.461 e.